The molecule has 2 aliphatic heterocycles. The number of likely N-dealkylation sites (N-methyl/N-ethyl adjacent to an activating group) is 1. The molecule has 0 saturated heterocycles. The summed E-state index contributed by atoms with van der Waals surface area (Å²) in [5.74, 6) is 0. The van der Waals surface area contributed by atoms with Crippen LogP contribution in [0.1, 0.15) is 77.3 Å². The van der Waals surface area contributed by atoms with Crippen LogP contribution >= 0.6 is 0 Å². The molecule has 0 fully saturated rings. The summed E-state index contributed by atoms with van der Waals surface area (Å²) in [6.07, 6.45) is 20.3. The fraction of sp³-hybridized carbons (Fsp3) is 0.560. The molecule has 0 aromatic carbocycles. The van der Waals surface area contributed by atoms with Gasteiger partial charge in [-0.1, -0.05) is 51.9 Å². The summed E-state index contributed by atoms with van der Waals surface area (Å²) >= 11 is 0. The number of aromatic amines is 1. The lowest BCUT2D eigenvalue weighted by Gasteiger charge is -2.21. The van der Waals surface area contributed by atoms with Crippen LogP contribution in [0, 0.1) is 0 Å². The fourth-order valence-electron chi connectivity index (χ4n) is 4.17. The van der Waals surface area contributed by atoms with Gasteiger partial charge in [0.2, 0.25) is 0 Å². The Bertz CT molecular complexity index is 755. The van der Waals surface area contributed by atoms with Crippen molar-refractivity contribution in [3.8, 4) is 0 Å². The molecule has 0 amide bonds. The van der Waals surface area contributed by atoms with Gasteiger partial charge >= 0.3 is 0 Å². The molecule has 0 saturated carbocycles. The monoisotopic (exact) mass is 395 g/mol. The van der Waals surface area contributed by atoms with Crippen LogP contribution in [-0.2, 0) is 4.74 Å². The van der Waals surface area contributed by atoms with Crippen molar-refractivity contribution in [2.75, 3.05) is 13.7 Å². The molecular weight excluding hydrogens is 358 g/mol. The highest BCUT2D eigenvalue weighted by Gasteiger charge is 2.31. The number of hydrogen-bond acceptors (Lipinski definition) is 3. The first-order valence-electron chi connectivity index (χ1n) is 11.4. The molecule has 29 heavy (non-hydrogen) atoms. The minimum Gasteiger partial charge on any atom is -0.368 e. The van der Waals surface area contributed by atoms with Crippen LogP contribution in [0.4, 0.5) is 0 Å². The van der Waals surface area contributed by atoms with Gasteiger partial charge in [0.25, 0.3) is 0 Å². The maximum atomic E-state index is 6.02. The van der Waals surface area contributed by atoms with Crippen LogP contribution in [0.25, 0.3) is 5.70 Å². The Balaban J connectivity index is 1.56. The summed E-state index contributed by atoms with van der Waals surface area (Å²) in [5, 5.41) is 0. The van der Waals surface area contributed by atoms with E-state index < -0.39 is 0 Å². The third kappa shape index (κ3) is 5.72. The van der Waals surface area contributed by atoms with Crippen molar-refractivity contribution in [1.29, 1.82) is 0 Å². The zero-order chi connectivity index (χ0) is 20.5. The van der Waals surface area contributed by atoms with Gasteiger partial charge in [-0.2, -0.15) is 0 Å². The Labute approximate surface area is 176 Å². The summed E-state index contributed by atoms with van der Waals surface area (Å²) in [6.45, 7) is 5.00. The molecule has 1 aromatic rings. The quantitative estimate of drug-likeness (QED) is 0.413. The number of nitrogens with one attached hydrogen (secondary N) is 1. The lowest BCUT2D eigenvalue weighted by molar-refractivity contribution is 0.114. The maximum absolute atomic E-state index is 6.02. The fourth-order valence-corrected chi connectivity index (χ4v) is 4.17. The smallest absolute Gasteiger partial charge is 0.120 e. The number of hydrogen-bond donors (Lipinski definition) is 1. The minimum atomic E-state index is -0.0471. The van der Waals surface area contributed by atoms with E-state index in [-0.39, 0.29) is 6.10 Å². The van der Waals surface area contributed by atoms with Crippen LogP contribution in [0.5, 0.6) is 0 Å². The largest absolute Gasteiger partial charge is 0.368 e. The van der Waals surface area contributed by atoms with Crippen molar-refractivity contribution < 1.29 is 4.74 Å². The minimum absolute atomic E-state index is 0.0471. The molecule has 1 unspecified atom stereocenters. The first kappa shape index (κ1) is 21.6. The van der Waals surface area contributed by atoms with Gasteiger partial charge in [-0.3, -0.25) is 4.99 Å². The van der Waals surface area contributed by atoms with E-state index in [4.69, 9.17) is 9.73 Å². The first-order valence-corrected chi connectivity index (χ1v) is 11.4. The molecule has 0 aliphatic carbocycles. The number of aliphatic imine (C=N–C) groups is 1. The van der Waals surface area contributed by atoms with E-state index >= 15 is 0 Å². The highest BCUT2D eigenvalue weighted by Crippen LogP contribution is 2.35. The van der Waals surface area contributed by atoms with E-state index in [1.807, 2.05) is 19.2 Å². The molecule has 0 bridgehead atoms. The van der Waals surface area contributed by atoms with Gasteiger partial charge in [-0.05, 0) is 50.1 Å². The molecule has 0 radical (unpaired) electrons. The van der Waals surface area contributed by atoms with Gasteiger partial charge in [0.15, 0.2) is 0 Å². The third-order valence-electron chi connectivity index (χ3n) is 5.77. The Morgan fingerprint density at radius 3 is 2.48 bits per heavy atom. The normalized spacial score (nSPS) is 21.2. The second kappa shape index (κ2) is 11.2. The Kier molecular flexibility index (Phi) is 8.36. The van der Waals surface area contributed by atoms with Crippen molar-refractivity contribution >= 4 is 11.4 Å². The number of unbranched alkanes of at least 4 members (excludes halogenated alkanes) is 7. The molecule has 4 nitrogen and oxygen atoms in total. The molecule has 158 valence electrons. The third-order valence-corrected chi connectivity index (χ3v) is 5.77. The number of H-pyrrole nitrogens is 1. The Hall–Kier alpha value is -2.07. The molecule has 2 aliphatic rings. The molecular formula is C25H37N3O. The van der Waals surface area contributed by atoms with Crippen LogP contribution < -0.4 is 0 Å². The summed E-state index contributed by atoms with van der Waals surface area (Å²) < 4.78 is 6.02. The van der Waals surface area contributed by atoms with Crippen LogP contribution in [0.2, 0.25) is 0 Å². The summed E-state index contributed by atoms with van der Waals surface area (Å²) in [7, 11) is 2.11. The lowest BCUT2D eigenvalue weighted by Crippen LogP contribution is -2.20. The molecule has 1 atom stereocenters. The Morgan fingerprint density at radius 2 is 1.79 bits per heavy atom. The standard InChI is InChI=1S/C25H37N3O/c1-4-6-7-8-9-10-11-12-14-20-16-17-22(27-20)25-24(29-5-2)19-23(28(25)3)21-15-13-18-26-21/h13,15-19,24,26H,4-12,14H2,1-3H3. The number of aromatic nitrogens is 1. The predicted molar refractivity (Wildman–Crippen MR) is 123 cm³/mol. The van der Waals surface area contributed by atoms with Crippen molar-refractivity contribution in [3.05, 3.63) is 53.6 Å². The lowest BCUT2D eigenvalue weighted by atomic mass is 10.1. The van der Waals surface area contributed by atoms with Crippen LogP contribution in [0.3, 0.4) is 0 Å². The van der Waals surface area contributed by atoms with Gasteiger partial charge in [0.05, 0.1) is 22.8 Å². The van der Waals surface area contributed by atoms with Gasteiger partial charge in [0, 0.05) is 25.6 Å². The molecule has 4 heteroatoms. The summed E-state index contributed by atoms with van der Waals surface area (Å²) in [5.41, 5.74) is 5.64. The zero-order valence-electron chi connectivity index (χ0n) is 18.4. The molecule has 0 spiro atoms. The topological polar surface area (TPSA) is 40.6 Å². The maximum Gasteiger partial charge on any atom is 0.120 e. The van der Waals surface area contributed by atoms with E-state index in [1.54, 1.807) is 0 Å². The van der Waals surface area contributed by atoms with Gasteiger partial charge < -0.3 is 14.6 Å². The van der Waals surface area contributed by atoms with E-state index in [2.05, 4.69) is 48.1 Å². The van der Waals surface area contributed by atoms with Crippen molar-refractivity contribution in [3.63, 3.8) is 0 Å². The molecule has 3 rings (SSSR count). The van der Waals surface area contributed by atoms with Crippen LogP contribution in [0.15, 0.2) is 52.9 Å². The van der Waals surface area contributed by atoms with E-state index in [1.165, 1.54) is 57.1 Å². The first-order chi connectivity index (χ1) is 14.2. The Morgan fingerprint density at radius 1 is 1.03 bits per heavy atom. The molecule has 3 heterocycles. The highest BCUT2D eigenvalue weighted by molar-refractivity contribution is 5.98. The predicted octanol–water partition coefficient (Wildman–Crippen LogP) is 6.46. The van der Waals surface area contributed by atoms with Crippen molar-refractivity contribution in [2.45, 2.75) is 77.7 Å². The van der Waals surface area contributed by atoms with Crippen LogP contribution in [-0.4, -0.2) is 35.4 Å². The second-order valence-corrected chi connectivity index (χ2v) is 8.00. The molecule has 1 aromatic heterocycles. The second-order valence-electron chi connectivity index (χ2n) is 8.00. The number of rotatable bonds is 12. The number of nitrogens with zero attached hydrogens (tertiary/aromatic N) is 2. The van der Waals surface area contributed by atoms with E-state index in [0.717, 1.165) is 29.2 Å². The SMILES string of the molecule is CCCCCCCCCCC1=NC(=C2C(OCC)C=C(c3ccc[nH]3)N2C)C=C1. The zero-order valence-corrected chi connectivity index (χ0v) is 18.4. The van der Waals surface area contributed by atoms with Gasteiger partial charge in [-0.25, -0.2) is 0 Å². The molecule has 1 N–H and O–H groups in total. The average Bonchev–Trinajstić information content (AvgIpc) is 3.45. The van der Waals surface area contributed by atoms with Gasteiger partial charge in [0.1, 0.15) is 6.10 Å². The van der Waals surface area contributed by atoms with E-state index in [9.17, 15) is 0 Å². The van der Waals surface area contributed by atoms with Crippen molar-refractivity contribution in [1.82, 2.24) is 9.88 Å². The van der Waals surface area contributed by atoms with E-state index in [0.29, 0.717) is 6.61 Å². The average molecular weight is 396 g/mol. The van der Waals surface area contributed by atoms with Crippen molar-refractivity contribution in [2.24, 2.45) is 4.99 Å². The van der Waals surface area contributed by atoms with Gasteiger partial charge in [-0.15, -0.1) is 0 Å². The number of ether oxygens (including phenoxy) is 1. The summed E-state index contributed by atoms with van der Waals surface area (Å²) in [4.78, 5) is 10.5. The summed E-state index contributed by atoms with van der Waals surface area (Å²) in [6, 6.07) is 4.13. The number of allylic oxidation sites excluding steroid dienone is 2. The highest BCUT2D eigenvalue weighted by atomic mass is 16.5.